The Kier molecular flexibility index (Phi) is 4.89. The molecule has 0 fully saturated rings. The number of allylic oxidation sites excluding steroid dienone is 1. The second-order valence-corrected chi connectivity index (χ2v) is 5.53. The molecule has 0 bridgehead atoms. The van der Waals surface area contributed by atoms with E-state index in [0.717, 1.165) is 0 Å². The van der Waals surface area contributed by atoms with Crippen molar-refractivity contribution >= 4 is 23.6 Å². The Morgan fingerprint density at radius 1 is 1.62 bits per heavy atom. The number of ether oxygens (including phenoxy) is 1. The molecular weight excluding hydrogens is 294 g/mol. The number of amides is 1. The summed E-state index contributed by atoms with van der Waals surface area (Å²) >= 11 is 1.39. The van der Waals surface area contributed by atoms with E-state index in [-0.39, 0.29) is 0 Å². The molecule has 1 aliphatic heterocycles. The summed E-state index contributed by atoms with van der Waals surface area (Å²) in [5.74, 6) is -0.272. The number of carbonyl (C=O) groups excluding carboxylic acids is 1. The first-order valence-electron chi connectivity index (χ1n) is 6.55. The van der Waals surface area contributed by atoms with Gasteiger partial charge in [0.15, 0.2) is 6.04 Å². The quantitative estimate of drug-likeness (QED) is 0.844. The van der Waals surface area contributed by atoms with Crippen LogP contribution < -0.4 is 5.32 Å². The van der Waals surface area contributed by atoms with Crippen molar-refractivity contribution in [3.63, 3.8) is 0 Å². The van der Waals surface area contributed by atoms with E-state index in [0.29, 0.717) is 35.1 Å². The number of nitrogens with zero attached hydrogens (tertiary/aromatic N) is 2. The van der Waals surface area contributed by atoms with Crippen molar-refractivity contribution in [2.24, 2.45) is 7.05 Å². The molecule has 114 valence electrons. The van der Waals surface area contributed by atoms with Gasteiger partial charge in [-0.25, -0.2) is 4.79 Å². The lowest BCUT2D eigenvalue weighted by atomic mass is 10.2. The van der Waals surface area contributed by atoms with Crippen LogP contribution in [0.4, 0.5) is 0 Å². The molecule has 1 aliphatic rings. The molecule has 21 heavy (non-hydrogen) atoms. The minimum Gasteiger partial charge on any atom is -0.496 e. The summed E-state index contributed by atoms with van der Waals surface area (Å²) in [7, 11) is 1.63. The molecule has 2 heterocycles. The van der Waals surface area contributed by atoms with Crippen LogP contribution in [0.2, 0.25) is 0 Å². The van der Waals surface area contributed by atoms with Crippen molar-refractivity contribution in [1.82, 2.24) is 15.1 Å². The number of nitrogens with one attached hydrogen (secondary N) is 1. The highest BCUT2D eigenvalue weighted by Crippen LogP contribution is 2.28. The second-order valence-electron chi connectivity index (χ2n) is 4.43. The van der Waals surface area contributed by atoms with Gasteiger partial charge in [0.1, 0.15) is 10.7 Å². The third kappa shape index (κ3) is 3.38. The number of hydrogen-bond donors (Lipinski definition) is 2. The van der Waals surface area contributed by atoms with Gasteiger partial charge in [-0.3, -0.25) is 9.48 Å². The van der Waals surface area contributed by atoms with Crippen LogP contribution in [0.5, 0.6) is 0 Å². The highest BCUT2D eigenvalue weighted by Gasteiger charge is 2.28. The maximum Gasteiger partial charge on any atom is 0.332 e. The molecule has 2 N–H and O–H groups in total. The molecule has 1 aromatic heterocycles. The summed E-state index contributed by atoms with van der Waals surface area (Å²) in [6.07, 6.45) is 2.09. The zero-order chi connectivity index (χ0) is 15.4. The fraction of sp³-hybridized carbons (Fsp3) is 0.462. The normalized spacial score (nSPS) is 16.3. The molecule has 1 amide bonds. The van der Waals surface area contributed by atoms with E-state index in [4.69, 9.17) is 4.74 Å². The van der Waals surface area contributed by atoms with Gasteiger partial charge in [-0.1, -0.05) is 6.92 Å². The van der Waals surface area contributed by atoms with Crippen LogP contribution in [0, 0.1) is 0 Å². The van der Waals surface area contributed by atoms with Crippen LogP contribution in [0.1, 0.15) is 25.1 Å². The Morgan fingerprint density at radius 3 is 2.95 bits per heavy atom. The van der Waals surface area contributed by atoms with Gasteiger partial charge in [0.05, 0.1) is 12.3 Å². The fourth-order valence-corrected chi connectivity index (χ4v) is 2.96. The van der Waals surface area contributed by atoms with Crippen molar-refractivity contribution in [3.05, 3.63) is 28.6 Å². The Labute approximate surface area is 126 Å². The van der Waals surface area contributed by atoms with Crippen LogP contribution in [-0.4, -0.2) is 39.1 Å². The Bertz CT molecular complexity index is 582. The van der Waals surface area contributed by atoms with Crippen molar-refractivity contribution in [3.8, 4) is 0 Å². The van der Waals surface area contributed by atoms with Crippen molar-refractivity contribution < 1.29 is 19.4 Å². The largest absolute Gasteiger partial charge is 0.496 e. The van der Waals surface area contributed by atoms with E-state index in [1.165, 1.54) is 22.6 Å². The van der Waals surface area contributed by atoms with E-state index < -0.39 is 17.9 Å². The van der Waals surface area contributed by atoms with E-state index >= 15 is 0 Å². The van der Waals surface area contributed by atoms with Crippen LogP contribution in [-0.2, 0) is 21.4 Å². The number of aliphatic carboxylic acids is 1. The first-order chi connectivity index (χ1) is 10.0. The molecule has 0 saturated carbocycles. The summed E-state index contributed by atoms with van der Waals surface area (Å²) in [5, 5.41) is 15.8. The van der Waals surface area contributed by atoms with Gasteiger partial charge in [-0.15, -0.1) is 11.8 Å². The van der Waals surface area contributed by atoms with E-state index in [1.54, 1.807) is 13.1 Å². The standard InChI is InChI=1S/C13H17N3O4S/c1-3-9-11(21-7-6-20-9)12(17)15-10(13(18)19)8-4-5-14-16(8)2/h4-5,10H,3,6-7H2,1-2H3,(H,15,17)(H,18,19). The SMILES string of the molecule is CCC1=C(C(=O)NC(C(=O)O)c2ccnn2C)SCCO1. The van der Waals surface area contributed by atoms with Gasteiger partial charge in [-0.2, -0.15) is 5.10 Å². The highest BCUT2D eigenvalue weighted by molar-refractivity contribution is 8.04. The number of carbonyl (C=O) groups is 2. The van der Waals surface area contributed by atoms with Crippen LogP contribution >= 0.6 is 11.8 Å². The molecule has 2 rings (SSSR count). The summed E-state index contributed by atoms with van der Waals surface area (Å²) < 4.78 is 6.88. The monoisotopic (exact) mass is 311 g/mol. The van der Waals surface area contributed by atoms with Gasteiger partial charge in [-0.05, 0) is 6.07 Å². The van der Waals surface area contributed by atoms with Gasteiger partial charge in [0, 0.05) is 25.4 Å². The maximum absolute atomic E-state index is 12.3. The average molecular weight is 311 g/mol. The molecule has 0 saturated heterocycles. The predicted octanol–water partition coefficient (Wildman–Crippen LogP) is 1.05. The van der Waals surface area contributed by atoms with Crippen molar-refractivity contribution in [1.29, 1.82) is 0 Å². The first-order valence-corrected chi connectivity index (χ1v) is 7.53. The summed E-state index contributed by atoms with van der Waals surface area (Å²) in [6.45, 7) is 2.46. The molecule has 0 aliphatic carbocycles. The van der Waals surface area contributed by atoms with Gasteiger partial charge >= 0.3 is 5.97 Å². The van der Waals surface area contributed by atoms with E-state index in [2.05, 4.69) is 10.4 Å². The molecule has 0 radical (unpaired) electrons. The molecule has 7 nitrogen and oxygen atoms in total. The molecule has 0 aromatic carbocycles. The molecule has 1 aromatic rings. The molecule has 1 atom stereocenters. The van der Waals surface area contributed by atoms with E-state index in [1.807, 2.05) is 6.92 Å². The lowest BCUT2D eigenvalue weighted by Gasteiger charge is -2.21. The Morgan fingerprint density at radius 2 is 2.38 bits per heavy atom. The van der Waals surface area contributed by atoms with Crippen molar-refractivity contribution in [2.45, 2.75) is 19.4 Å². The lowest BCUT2D eigenvalue weighted by molar-refractivity contribution is -0.141. The third-order valence-electron chi connectivity index (χ3n) is 3.06. The number of thioether (sulfide) groups is 1. The second kappa shape index (κ2) is 6.66. The average Bonchev–Trinajstić information content (AvgIpc) is 2.90. The maximum atomic E-state index is 12.3. The Balaban J connectivity index is 2.21. The topological polar surface area (TPSA) is 93.5 Å². The minimum absolute atomic E-state index is 0.413. The lowest BCUT2D eigenvalue weighted by Crippen LogP contribution is -2.36. The first kappa shape index (κ1) is 15.4. The predicted molar refractivity (Wildman–Crippen MR) is 77.5 cm³/mol. The van der Waals surface area contributed by atoms with Crippen molar-refractivity contribution in [2.75, 3.05) is 12.4 Å². The number of hydrogen-bond acceptors (Lipinski definition) is 5. The summed E-state index contributed by atoms with van der Waals surface area (Å²) in [6, 6.07) is 0.428. The molecular formula is C13H17N3O4S. The van der Waals surface area contributed by atoms with Crippen LogP contribution in [0.25, 0.3) is 0 Å². The van der Waals surface area contributed by atoms with Crippen LogP contribution in [0.15, 0.2) is 22.9 Å². The number of aromatic nitrogens is 2. The van der Waals surface area contributed by atoms with Gasteiger partial charge in [0.2, 0.25) is 0 Å². The highest BCUT2D eigenvalue weighted by atomic mass is 32.2. The Hall–Kier alpha value is -1.96. The van der Waals surface area contributed by atoms with E-state index in [9.17, 15) is 14.7 Å². The molecule has 8 heteroatoms. The number of carboxylic acids is 1. The van der Waals surface area contributed by atoms with Gasteiger partial charge < -0.3 is 15.2 Å². The minimum atomic E-state index is -1.14. The molecule has 1 unspecified atom stereocenters. The number of carboxylic acid groups (broad SMARTS) is 1. The number of aryl methyl sites for hydroxylation is 1. The smallest absolute Gasteiger partial charge is 0.332 e. The summed E-state index contributed by atoms with van der Waals surface area (Å²) in [5.41, 5.74) is 0.413. The van der Waals surface area contributed by atoms with Gasteiger partial charge in [0.25, 0.3) is 5.91 Å². The zero-order valence-corrected chi connectivity index (χ0v) is 12.6. The fourth-order valence-electron chi connectivity index (χ4n) is 2.04. The van der Waals surface area contributed by atoms with Crippen LogP contribution in [0.3, 0.4) is 0 Å². The summed E-state index contributed by atoms with van der Waals surface area (Å²) in [4.78, 5) is 24.2. The number of rotatable bonds is 5. The zero-order valence-electron chi connectivity index (χ0n) is 11.8. The molecule has 0 spiro atoms. The third-order valence-corrected chi connectivity index (χ3v) is 4.14.